The quantitative estimate of drug-likeness (QED) is 0.0614. The number of rotatable bonds is 18. The Morgan fingerprint density at radius 1 is 0.662 bits per heavy atom. The summed E-state index contributed by atoms with van der Waals surface area (Å²) in [6, 6.07) is 0. The summed E-state index contributed by atoms with van der Waals surface area (Å²) in [6.07, 6.45) is 41.9. The molecule has 8 nitrogen and oxygen atoms in total. The molecular formula is C70H110N2O6Si2. The minimum Gasteiger partial charge on any atom is -0.413 e. The van der Waals surface area contributed by atoms with Crippen LogP contribution >= 0.6 is 0 Å². The second-order valence-electron chi connectivity index (χ2n) is 29.3. The van der Waals surface area contributed by atoms with E-state index >= 15 is 0 Å². The van der Waals surface area contributed by atoms with Crippen molar-refractivity contribution in [2.45, 2.75) is 245 Å². The molecule has 10 heteroatoms. The molecule has 0 unspecified atom stereocenters. The van der Waals surface area contributed by atoms with Crippen LogP contribution in [0.2, 0.25) is 36.3 Å². The topological polar surface area (TPSA) is 102 Å². The van der Waals surface area contributed by atoms with Crippen LogP contribution in [0.1, 0.15) is 185 Å². The lowest BCUT2D eigenvalue weighted by Gasteiger charge is -2.45. The van der Waals surface area contributed by atoms with Crippen LogP contribution in [0.4, 0.5) is 0 Å². The first-order chi connectivity index (χ1) is 37.5. The molecule has 0 aromatic rings. The van der Waals surface area contributed by atoms with Crippen molar-refractivity contribution in [3.63, 3.8) is 0 Å². The molecule has 80 heavy (non-hydrogen) atoms. The Morgan fingerprint density at radius 3 is 1.52 bits per heavy atom. The van der Waals surface area contributed by atoms with Gasteiger partial charge >= 0.3 is 0 Å². The van der Waals surface area contributed by atoms with E-state index < -0.39 is 28.8 Å². The van der Waals surface area contributed by atoms with Gasteiger partial charge in [-0.15, -0.1) is 0 Å². The van der Waals surface area contributed by atoms with Gasteiger partial charge in [-0.3, -0.25) is 0 Å². The zero-order valence-electron chi connectivity index (χ0n) is 53.1. The van der Waals surface area contributed by atoms with Crippen molar-refractivity contribution in [1.29, 1.82) is 0 Å². The van der Waals surface area contributed by atoms with Crippen molar-refractivity contribution >= 4 is 28.1 Å². The summed E-state index contributed by atoms with van der Waals surface area (Å²) in [5.74, 6) is 3.36. The van der Waals surface area contributed by atoms with E-state index in [1.54, 1.807) is 30.9 Å². The first-order valence-electron chi connectivity index (χ1n) is 31.4. The summed E-state index contributed by atoms with van der Waals surface area (Å²) >= 11 is 0. The minimum absolute atomic E-state index is 0.0173. The summed E-state index contributed by atoms with van der Waals surface area (Å²) in [6.45, 7) is 42.1. The van der Waals surface area contributed by atoms with Crippen LogP contribution in [0.5, 0.6) is 0 Å². The highest BCUT2D eigenvalue weighted by Gasteiger charge is 2.49. The Kier molecular flexibility index (Phi) is 21.1. The van der Waals surface area contributed by atoms with Crippen LogP contribution in [0.3, 0.4) is 0 Å². The molecule has 6 saturated carbocycles. The first kappa shape index (κ1) is 64.2. The number of hydrogen-bond acceptors (Lipinski definition) is 8. The summed E-state index contributed by atoms with van der Waals surface area (Å²) in [7, 11) is -0.640. The van der Waals surface area contributed by atoms with Gasteiger partial charge in [0.05, 0.1) is 35.8 Å². The molecule has 0 aromatic carbocycles. The monoisotopic (exact) mass is 1130 g/mol. The van der Waals surface area contributed by atoms with Gasteiger partial charge in [0.2, 0.25) is 0 Å². The van der Waals surface area contributed by atoms with Crippen LogP contribution in [-0.4, -0.2) is 76.9 Å². The fraction of sp³-hybridized carbons (Fsp3) is 0.686. The number of nitrogens with zero attached hydrogens (tertiary/aromatic N) is 2. The normalized spacial score (nSPS) is 33.0. The smallest absolute Gasteiger partial charge is 0.192 e. The summed E-state index contributed by atoms with van der Waals surface area (Å²) in [5, 5.41) is 29.0. The third kappa shape index (κ3) is 15.3. The van der Waals surface area contributed by atoms with E-state index in [2.05, 4.69) is 173 Å². The maximum Gasteiger partial charge on any atom is 0.192 e. The van der Waals surface area contributed by atoms with E-state index in [1.807, 2.05) is 0 Å². The fourth-order valence-corrected chi connectivity index (χ4v) is 16.6. The van der Waals surface area contributed by atoms with Crippen molar-refractivity contribution in [3.05, 3.63) is 119 Å². The Labute approximate surface area is 489 Å². The average molecular weight is 1130 g/mol. The highest BCUT2D eigenvalue weighted by molar-refractivity contribution is 6.74. The second-order valence-corrected chi connectivity index (χ2v) is 38.8. The van der Waals surface area contributed by atoms with Gasteiger partial charge in [0, 0.05) is 24.7 Å². The van der Waals surface area contributed by atoms with Gasteiger partial charge in [0.15, 0.2) is 16.6 Å². The maximum atomic E-state index is 10.2. The van der Waals surface area contributed by atoms with Gasteiger partial charge in [0.25, 0.3) is 0 Å². The van der Waals surface area contributed by atoms with Crippen molar-refractivity contribution in [1.82, 2.24) is 0 Å². The molecule has 2 N–H and O–H groups in total. The number of hydrogen-bond donors (Lipinski definition) is 2. The highest BCUT2D eigenvalue weighted by Crippen LogP contribution is 2.59. The molecule has 0 aliphatic heterocycles. The number of aliphatic hydroxyl groups excluding tert-OH is 2. The highest BCUT2D eigenvalue weighted by atomic mass is 28.4. The minimum atomic E-state index is -1.99. The lowest BCUT2D eigenvalue weighted by atomic mass is 9.62. The van der Waals surface area contributed by atoms with Gasteiger partial charge in [-0.2, -0.15) is 0 Å². The van der Waals surface area contributed by atoms with Crippen LogP contribution in [0.25, 0.3) is 0 Å². The lowest BCUT2D eigenvalue weighted by Crippen LogP contribution is -2.49. The zero-order valence-corrected chi connectivity index (χ0v) is 55.1. The van der Waals surface area contributed by atoms with E-state index in [9.17, 15) is 10.2 Å². The van der Waals surface area contributed by atoms with E-state index in [1.165, 1.54) is 74.5 Å². The Hall–Kier alpha value is -3.39. The van der Waals surface area contributed by atoms with Gasteiger partial charge in [-0.25, -0.2) is 0 Å². The molecule has 0 saturated heterocycles. The van der Waals surface area contributed by atoms with Crippen molar-refractivity contribution in [2.24, 2.45) is 56.6 Å². The third-order valence-corrected chi connectivity index (χ3v) is 30.2. The van der Waals surface area contributed by atoms with Gasteiger partial charge in [0.1, 0.15) is 14.2 Å². The average Bonchev–Trinajstić information content (AvgIpc) is 4.32. The van der Waals surface area contributed by atoms with Crippen LogP contribution in [0.15, 0.2) is 129 Å². The van der Waals surface area contributed by atoms with Gasteiger partial charge < -0.3 is 28.7 Å². The van der Waals surface area contributed by atoms with Crippen LogP contribution < -0.4 is 0 Å². The standard InChI is InChI=1S/C41H69NO3Si2.C29H41NO3/c1-29(17-15-19-37(42-43-10)32-21-22-32)35-24-25-36-31(18-16-26-41(35,36)9)20-23-33-27-34(44-46(11,12)39(3,4)5)28-38(30(33)2)45-47(13,14)40(6,7)8;1-19(7-5-9-27(30-33-4)22-11-12-22)25-14-15-26-21(8-6-16-29(25,26)3)10-13-23-17-24(31)18-28(32)20(23)2/h15,19-20,23-24,29,32,34,36,38H,2,16-18,21-22,25-28H2,1,3-14H3;5,9-10,13-14,19,22,24,26,28,31-32H,2,6-8,11-12,15-18H2,1,3-4H3/b19-15+,31-20+,33-23-,42-37+;9-5+,21-10+,23-13-,30-27+/t29-,34-,36+,38+,41-;19-,24-,26+,28+,29-/m11/s1. The molecule has 0 radical (unpaired) electrons. The number of oxime groups is 2. The molecular weight excluding hydrogens is 1020 g/mol. The Bertz CT molecular complexity index is 2550. The van der Waals surface area contributed by atoms with Crippen LogP contribution in [-0.2, 0) is 18.5 Å². The largest absolute Gasteiger partial charge is 0.413 e. The fourth-order valence-electron chi connectivity index (χ4n) is 14.0. The lowest BCUT2D eigenvalue weighted by molar-refractivity contribution is 0.0862. The first-order valence-corrected chi connectivity index (χ1v) is 37.2. The van der Waals surface area contributed by atoms with Gasteiger partial charge in [-0.05, 0) is 208 Å². The van der Waals surface area contributed by atoms with Crippen molar-refractivity contribution in [2.75, 3.05) is 14.2 Å². The van der Waals surface area contributed by atoms with Gasteiger partial charge in [-0.1, -0.05) is 164 Å². The molecule has 8 aliphatic rings. The zero-order chi connectivity index (χ0) is 58.6. The van der Waals surface area contributed by atoms with E-state index in [0.29, 0.717) is 48.3 Å². The molecule has 0 bridgehead atoms. The van der Waals surface area contributed by atoms with E-state index in [-0.39, 0.29) is 33.1 Å². The number of aliphatic hydroxyl groups is 2. The molecule has 444 valence electrons. The summed E-state index contributed by atoms with van der Waals surface area (Å²) < 4.78 is 14.2. The molecule has 0 amide bonds. The number of fused-ring (bicyclic) bond motifs is 2. The second kappa shape index (κ2) is 26.3. The predicted molar refractivity (Wildman–Crippen MR) is 342 cm³/mol. The van der Waals surface area contributed by atoms with Crippen molar-refractivity contribution < 1.29 is 28.7 Å². The Morgan fingerprint density at radius 2 is 1.10 bits per heavy atom. The molecule has 0 heterocycles. The predicted octanol–water partition coefficient (Wildman–Crippen LogP) is 18.1. The van der Waals surface area contributed by atoms with Crippen molar-refractivity contribution in [3.8, 4) is 0 Å². The molecule has 0 aromatic heterocycles. The molecule has 8 aliphatic carbocycles. The van der Waals surface area contributed by atoms with Crippen LogP contribution in [0, 0.1) is 46.3 Å². The van der Waals surface area contributed by atoms with E-state index in [0.717, 1.165) is 67.5 Å². The summed E-state index contributed by atoms with van der Waals surface area (Å²) in [4.78, 5) is 10.1. The Balaban J connectivity index is 0.000000245. The third-order valence-electron chi connectivity index (χ3n) is 21.2. The molecule has 0 spiro atoms. The molecule has 10 atom stereocenters. The number of allylic oxidation sites excluding steroid dienone is 14. The molecule has 8 rings (SSSR count). The summed E-state index contributed by atoms with van der Waals surface area (Å²) in [5.41, 5.74) is 13.3. The maximum absolute atomic E-state index is 10.2. The van der Waals surface area contributed by atoms with E-state index in [4.69, 9.17) is 25.1 Å². The SMILES string of the molecule is C=C1/C(=C\C=C2/CCC[C@]3(C)C([C@H](C)C/C=C/C(=N\OC)C4CC4)=CC[C@@H]23)C[C@@H](O)C[C@@H]1O.C=C1/C(=C\C=C2/CCC[C@]3(C)C([C@H](C)C/C=C/C(=N\OC)C4CC4)=CC[C@@H]23)C[C@@H](O[Si](C)(C)C(C)(C)C)C[C@@H]1O[Si](C)(C)C(C)(C)C. The molecule has 6 fully saturated rings.